The standard InChI is InChI=1S/C22H22ClN3O2S/c1-13-18(23)10-7-11-19(13)25-20(27)12-17-14(2)24-22(26-21(17)28)29-15(3)16-8-5-4-6-9-16/h4-11,15H,12H2,1-3H3,(H,25,27)(H,24,26,28). The second-order valence-corrected chi connectivity index (χ2v) is 8.48. The molecule has 2 N–H and O–H groups in total. The lowest BCUT2D eigenvalue weighted by Crippen LogP contribution is -2.24. The van der Waals surface area contributed by atoms with Crippen LogP contribution < -0.4 is 10.9 Å². The number of aryl methyl sites for hydroxylation is 1. The molecule has 1 amide bonds. The lowest BCUT2D eigenvalue weighted by atomic mass is 10.1. The van der Waals surface area contributed by atoms with E-state index in [1.807, 2.05) is 37.3 Å². The molecule has 1 unspecified atom stereocenters. The third-order valence-electron chi connectivity index (χ3n) is 4.64. The maximum absolute atomic E-state index is 12.6. The summed E-state index contributed by atoms with van der Waals surface area (Å²) in [5.41, 5.74) is 3.19. The van der Waals surface area contributed by atoms with Crippen LogP contribution >= 0.6 is 23.4 Å². The first-order valence-electron chi connectivity index (χ1n) is 9.21. The Bertz CT molecular complexity index is 1080. The van der Waals surface area contributed by atoms with Crippen molar-refractivity contribution < 1.29 is 4.79 Å². The van der Waals surface area contributed by atoms with E-state index in [0.717, 1.165) is 11.1 Å². The van der Waals surface area contributed by atoms with Gasteiger partial charge in [-0.15, -0.1) is 0 Å². The molecule has 0 spiro atoms. The quantitative estimate of drug-likeness (QED) is 0.425. The minimum Gasteiger partial charge on any atom is -0.326 e. The summed E-state index contributed by atoms with van der Waals surface area (Å²) in [5, 5.41) is 4.07. The lowest BCUT2D eigenvalue weighted by Gasteiger charge is -2.13. The predicted octanol–water partition coefficient (Wildman–Crippen LogP) is 5.07. The Morgan fingerprint density at radius 2 is 1.90 bits per heavy atom. The van der Waals surface area contributed by atoms with Crippen LogP contribution in [0.5, 0.6) is 0 Å². The molecule has 1 atom stereocenters. The van der Waals surface area contributed by atoms with Gasteiger partial charge in [0.2, 0.25) is 5.91 Å². The van der Waals surface area contributed by atoms with Crippen LogP contribution in [0.25, 0.3) is 0 Å². The number of anilines is 1. The van der Waals surface area contributed by atoms with Gasteiger partial charge < -0.3 is 10.3 Å². The van der Waals surface area contributed by atoms with Crippen LogP contribution in [-0.4, -0.2) is 15.9 Å². The van der Waals surface area contributed by atoms with Crippen LogP contribution in [0, 0.1) is 13.8 Å². The van der Waals surface area contributed by atoms with E-state index in [1.54, 1.807) is 25.1 Å². The van der Waals surface area contributed by atoms with Crippen LogP contribution in [0.15, 0.2) is 58.5 Å². The monoisotopic (exact) mass is 427 g/mol. The summed E-state index contributed by atoms with van der Waals surface area (Å²) >= 11 is 7.57. The molecule has 5 nitrogen and oxygen atoms in total. The number of benzene rings is 2. The fraction of sp³-hybridized carbons (Fsp3) is 0.227. The molecule has 3 rings (SSSR count). The van der Waals surface area contributed by atoms with E-state index in [-0.39, 0.29) is 23.1 Å². The average Bonchev–Trinajstić information content (AvgIpc) is 2.69. The van der Waals surface area contributed by atoms with Gasteiger partial charge in [0, 0.05) is 27.2 Å². The Balaban J connectivity index is 1.73. The fourth-order valence-electron chi connectivity index (χ4n) is 2.91. The number of H-pyrrole nitrogens is 1. The van der Waals surface area contributed by atoms with Gasteiger partial charge in [0.1, 0.15) is 0 Å². The normalized spacial score (nSPS) is 11.9. The second kappa shape index (κ2) is 9.29. The van der Waals surface area contributed by atoms with Crippen LogP contribution in [0.1, 0.15) is 34.6 Å². The molecule has 0 bridgehead atoms. The van der Waals surface area contributed by atoms with Gasteiger partial charge in [-0.1, -0.05) is 59.8 Å². The van der Waals surface area contributed by atoms with E-state index in [2.05, 4.69) is 22.2 Å². The van der Waals surface area contributed by atoms with Gasteiger partial charge in [0.05, 0.1) is 6.42 Å². The summed E-state index contributed by atoms with van der Waals surface area (Å²) in [6.45, 7) is 5.64. The Hall–Kier alpha value is -2.57. The lowest BCUT2D eigenvalue weighted by molar-refractivity contribution is -0.115. The SMILES string of the molecule is Cc1nc(SC(C)c2ccccc2)[nH]c(=O)c1CC(=O)Nc1cccc(Cl)c1C. The highest BCUT2D eigenvalue weighted by Crippen LogP contribution is 2.32. The van der Waals surface area contributed by atoms with Gasteiger partial charge in [-0.3, -0.25) is 9.59 Å². The van der Waals surface area contributed by atoms with Crippen LogP contribution in [0.4, 0.5) is 5.69 Å². The smallest absolute Gasteiger partial charge is 0.255 e. The number of aromatic amines is 1. The van der Waals surface area contributed by atoms with Crippen LogP contribution in [-0.2, 0) is 11.2 Å². The third kappa shape index (κ3) is 5.28. The number of aromatic nitrogens is 2. The van der Waals surface area contributed by atoms with Crippen LogP contribution in [0.2, 0.25) is 5.02 Å². The van der Waals surface area contributed by atoms with Gasteiger partial charge in [-0.2, -0.15) is 0 Å². The first-order chi connectivity index (χ1) is 13.8. The predicted molar refractivity (Wildman–Crippen MR) is 119 cm³/mol. The highest BCUT2D eigenvalue weighted by Gasteiger charge is 2.16. The Kier molecular flexibility index (Phi) is 6.77. The minimum atomic E-state index is -0.293. The molecule has 1 heterocycles. The summed E-state index contributed by atoms with van der Waals surface area (Å²) in [4.78, 5) is 32.3. The second-order valence-electron chi connectivity index (χ2n) is 6.74. The molecule has 2 aromatic carbocycles. The molecule has 0 saturated heterocycles. The zero-order valence-electron chi connectivity index (χ0n) is 16.5. The van der Waals surface area contributed by atoms with Gasteiger partial charge in [-0.25, -0.2) is 4.98 Å². The van der Waals surface area contributed by atoms with Crippen molar-refractivity contribution in [2.24, 2.45) is 0 Å². The topological polar surface area (TPSA) is 74.8 Å². The van der Waals surface area contributed by atoms with E-state index < -0.39 is 0 Å². The van der Waals surface area contributed by atoms with Crippen molar-refractivity contribution in [3.63, 3.8) is 0 Å². The molecule has 1 aromatic heterocycles. The average molecular weight is 428 g/mol. The zero-order chi connectivity index (χ0) is 21.0. The van der Waals surface area contributed by atoms with Crippen molar-refractivity contribution in [2.45, 2.75) is 37.6 Å². The molecular weight excluding hydrogens is 406 g/mol. The molecule has 29 heavy (non-hydrogen) atoms. The number of carbonyl (C=O) groups excluding carboxylic acids is 1. The fourth-order valence-corrected chi connectivity index (χ4v) is 4.05. The van der Waals surface area contributed by atoms with E-state index in [9.17, 15) is 9.59 Å². The number of rotatable bonds is 6. The maximum Gasteiger partial charge on any atom is 0.255 e. The Morgan fingerprint density at radius 3 is 2.59 bits per heavy atom. The number of amides is 1. The molecule has 0 aliphatic carbocycles. The number of hydrogen-bond acceptors (Lipinski definition) is 4. The summed E-state index contributed by atoms with van der Waals surface area (Å²) in [6, 6.07) is 15.3. The molecule has 0 aliphatic rings. The van der Waals surface area contributed by atoms with E-state index in [1.165, 1.54) is 11.8 Å². The Labute approximate surface area is 178 Å². The van der Waals surface area contributed by atoms with Crippen molar-refractivity contribution in [3.05, 3.63) is 86.3 Å². The highest BCUT2D eigenvalue weighted by atomic mass is 35.5. The maximum atomic E-state index is 12.6. The first-order valence-corrected chi connectivity index (χ1v) is 10.5. The third-order valence-corrected chi connectivity index (χ3v) is 6.09. The summed E-state index contributed by atoms with van der Waals surface area (Å²) < 4.78 is 0. The van der Waals surface area contributed by atoms with Crippen molar-refractivity contribution in [3.8, 4) is 0 Å². The molecule has 3 aromatic rings. The van der Waals surface area contributed by atoms with Gasteiger partial charge in [-0.05, 0) is 44.0 Å². The van der Waals surface area contributed by atoms with Gasteiger partial charge >= 0.3 is 0 Å². The van der Waals surface area contributed by atoms with Crippen molar-refractivity contribution in [1.29, 1.82) is 0 Å². The van der Waals surface area contributed by atoms with Crippen molar-refractivity contribution in [1.82, 2.24) is 9.97 Å². The number of nitrogens with one attached hydrogen (secondary N) is 2. The van der Waals surface area contributed by atoms with Gasteiger partial charge in [0.25, 0.3) is 5.56 Å². The summed E-state index contributed by atoms with van der Waals surface area (Å²) in [6.07, 6.45) is -0.0562. The zero-order valence-corrected chi connectivity index (χ0v) is 18.0. The minimum absolute atomic E-state index is 0.0562. The molecule has 0 saturated carbocycles. The van der Waals surface area contributed by atoms with E-state index >= 15 is 0 Å². The summed E-state index contributed by atoms with van der Waals surface area (Å²) in [5.74, 6) is -0.288. The number of halogens is 1. The van der Waals surface area contributed by atoms with E-state index in [0.29, 0.717) is 27.1 Å². The molecule has 0 radical (unpaired) electrons. The molecule has 7 heteroatoms. The molecule has 150 valence electrons. The number of hydrogen-bond donors (Lipinski definition) is 2. The van der Waals surface area contributed by atoms with Crippen LogP contribution in [0.3, 0.4) is 0 Å². The van der Waals surface area contributed by atoms with Crippen molar-refractivity contribution in [2.75, 3.05) is 5.32 Å². The van der Waals surface area contributed by atoms with Crippen molar-refractivity contribution >= 4 is 35.0 Å². The molecule has 0 fully saturated rings. The Morgan fingerprint density at radius 1 is 1.17 bits per heavy atom. The molecular formula is C22H22ClN3O2S. The van der Waals surface area contributed by atoms with Gasteiger partial charge in [0.15, 0.2) is 5.16 Å². The first kappa shape index (κ1) is 21.1. The largest absolute Gasteiger partial charge is 0.326 e. The summed E-state index contributed by atoms with van der Waals surface area (Å²) in [7, 11) is 0. The number of thioether (sulfide) groups is 1. The van der Waals surface area contributed by atoms with E-state index in [4.69, 9.17) is 11.6 Å². The number of carbonyl (C=O) groups is 1. The number of nitrogens with zero attached hydrogens (tertiary/aromatic N) is 1. The molecule has 0 aliphatic heterocycles. The highest BCUT2D eigenvalue weighted by molar-refractivity contribution is 7.99.